The summed E-state index contributed by atoms with van der Waals surface area (Å²) >= 11 is 0. The molecule has 2 unspecified atom stereocenters. The van der Waals surface area contributed by atoms with Gasteiger partial charge in [0.25, 0.3) is 5.91 Å². The van der Waals surface area contributed by atoms with Gasteiger partial charge in [0.15, 0.2) is 0 Å². The first-order chi connectivity index (χ1) is 9.15. The number of carbonyl (C=O) groups excluding carboxylic acids is 1. The molecule has 0 bridgehead atoms. The molecule has 2 atom stereocenters. The normalized spacial score (nSPS) is 22.9. The fraction of sp³-hybridized carbons (Fsp3) is 0.600. The van der Waals surface area contributed by atoms with Crippen LogP contribution < -0.4 is 5.32 Å². The third-order valence-electron chi connectivity index (χ3n) is 4.16. The van der Waals surface area contributed by atoms with Gasteiger partial charge in [-0.25, -0.2) is 4.98 Å². The predicted molar refractivity (Wildman–Crippen MR) is 77.3 cm³/mol. The van der Waals surface area contributed by atoms with Crippen LogP contribution in [-0.4, -0.2) is 35.9 Å². The molecular formula is C15H23N3O. The zero-order valence-corrected chi connectivity index (χ0v) is 12.0. The van der Waals surface area contributed by atoms with E-state index < -0.39 is 0 Å². The molecule has 1 amide bonds. The van der Waals surface area contributed by atoms with Gasteiger partial charge in [0.2, 0.25) is 0 Å². The van der Waals surface area contributed by atoms with Crippen LogP contribution in [0.25, 0.3) is 0 Å². The lowest BCUT2D eigenvalue weighted by atomic mass is 9.85. The number of nitrogens with zero attached hydrogens (tertiary/aromatic N) is 2. The monoisotopic (exact) mass is 261 g/mol. The molecule has 0 aromatic carbocycles. The summed E-state index contributed by atoms with van der Waals surface area (Å²) < 4.78 is 0. The van der Waals surface area contributed by atoms with Crippen LogP contribution in [-0.2, 0) is 0 Å². The summed E-state index contributed by atoms with van der Waals surface area (Å²) in [6.45, 7) is 2.25. The zero-order chi connectivity index (χ0) is 13.8. The molecule has 1 aromatic heterocycles. The molecule has 2 rings (SSSR count). The van der Waals surface area contributed by atoms with Gasteiger partial charge in [-0.3, -0.25) is 4.79 Å². The van der Waals surface area contributed by atoms with Crippen molar-refractivity contribution in [3.63, 3.8) is 0 Å². The summed E-state index contributed by atoms with van der Waals surface area (Å²) in [5, 5.41) is 2.99. The first-order valence-corrected chi connectivity index (χ1v) is 7.05. The molecule has 4 heteroatoms. The van der Waals surface area contributed by atoms with Crippen LogP contribution in [0.4, 0.5) is 5.82 Å². The number of anilines is 1. The van der Waals surface area contributed by atoms with E-state index in [4.69, 9.17) is 0 Å². The highest BCUT2D eigenvalue weighted by Crippen LogP contribution is 2.28. The van der Waals surface area contributed by atoms with Crippen molar-refractivity contribution in [2.45, 2.75) is 38.6 Å². The molecule has 104 valence electrons. The van der Waals surface area contributed by atoms with E-state index in [1.165, 1.54) is 19.3 Å². The molecule has 1 aliphatic rings. The van der Waals surface area contributed by atoms with Crippen molar-refractivity contribution in [1.82, 2.24) is 9.88 Å². The van der Waals surface area contributed by atoms with E-state index in [2.05, 4.69) is 17.2 Å². The minimum absolute atomic E-state index is 0.0659. The molecule has 1 aromatic rings. The van der Waals surface area contributed by atoms with E-state index in [-0.39, 0.29) is 5.91 Å². The lowest BCUT2D eigenvalue weighted by Gasteiger charge is -2.36. The van der Waals surface area contributed by atoms with Crippen LogP contribution in [0.2, 0.25) is 0 Å². The average Bonchev–Trinajstić information content (AvgIpc) is 2.46. The van der Waals surface area contributed by atoms with Gasteiger partial charge in [0.05, 0.1) is 5.56 Å². The van der Waals surface area contributed by atoms with Crippen molar-refractivity contribution in [2.24, 2.45) is 5.92 Å². The summed E-state index contributed by atoms with van der Waals surface area (Å²) in [4.78, 5) is 18.7. The second-order valence-electron chi connectivity index (χ2n) is 5.39. The van der Waals surface area contributed by atoms with Crippen LogP contribution in [0.5, 0.6) is 0 Å². The number of nitrogens with one attached hydrogen (secondary N) is 1. The highest BCUT2D eigenvalue weighted by atomic mass is 16.2. The number of amides is 1. The van der Waals surface area contributed by atoms with Crippen molar-refractivity contribution in [2.75, 3.05) is 19.4 Å². The van der Waals surface area contributed by atoms with E-state index in [1.54, 1.807) is 13.2 Å². The molecule has 1 fully saturated rings. The van der Waals surface area contributed by atoms with Gasteiger partial charge in [0, 0.05) is 26.3 Å². The number of aromatic nitrogens is 1. The Hall–Kier alpha value is -1.58. The summed E-state index contributed by atoms with van der Waals surface area (Å²) in [6, 6.07) is 4.00. The highest BCUT2D eigenvalue weighted by molar-refractivity contribution is 5.98. The van der Waals surface area contributed by atoms with Crippen molar-refractivity contribution in [3.8, 4) is 0 Å². The molecule has 1 heterocycles. The number of rotatable bonds is 3. The van der Waals surface area contributed by atoms with Crippen molar-refractivity contribution in [3.05, 3.63) is 23.9 Å². The molecular weight excluding hydrogens is 238 g/mol. The maximum atomic E-state index is 12.6. The second-order valence-corrected chi connectivity index (χ2v) is 5.39. The Morgan fingerprint density at radius 2 is 2.16 bits per heavy atom. The molecule has 1 saturated carbocycles. The Morgan fingerprint density at radius 3 is 2.84 bits per heavy atom. The fourth-order valence-corrected chi connectivity index (χ4v) is 2.99. The first kappa shape index (κ1) is 13.8. The SMILES string of the molecule is CNc1ncccc1C(=O)N(C)C1CCCCC1C. The Balaban J connectivity index is 2.18. The maximum Gasteiger partial charge on any atom is 0.257 e. The fourth-order valence-electron chi connectivity index (χ4n) is 2.99. The Morgan fingerprint density at radius 1 is 1.42 bits per heavy atom. The quantitative estimate of drug-likeness (QED) is 0.910. The molecule has 19 heavy (non-hydrogen) atoms. The van der Waals surface area contributed by atoms with E-state index >= 15 is 0 Å². The number of hydrogen-bond donors (Lipinski definition) is 1. The molecule has 1 N–H and O–H groups in total. The third kappa shape index (κ3) is 2.88. The Kier molecular flexibility index (Phi) is 4.40. The van der Waals surface area contributed by atoms with E-state index in [9.17, 15) is 4.79 Å². The second kappa shape index (κ2) is 6.04. The smallest absolute Gasteiger partial charge is 0.257 e. The van der Waals surface area contributed by atoms with E-state index in [0.717, 1.165) is 6.42 Å². The van der Waals surface area contributed by atoms with Crippen LogP contribution in [0.3, 0.4) is 0 Å². The molecule has 0 radical (unpaired) electrons. The lowest BCUT2D eigenvalue weighted by molar-refractivity contribution is 0.0629. The minimum atomic E-state index is 0.0659. The summed E-state index contributed by atoms with van der Waals surface area (Å²) in [5.41, 5.74) is 0.658. The summed E-state index contributed by atoms with van der Waals surface area (Å²) in [6.07, 6.45) is 6.53. The van der Waals surface area contributed by atoms with Crippen LogP contribution >= 0.6 is 0 Å². The Bertz CT molecular complexity index is 447. The minimum Gasteiger partial charge on any atom is -0.372 e. The van der Waals surface area contributed by atoms with Gasteiger partial charge in [-0.15, -0.1) is 0 Å². The molecule has 0 saturated heterocycles. The highest BCUT2D eigenvalue weighted by Gasteiger charge is 2.29. The van der Waals surface area contributed by atoms with Gasteiger partial charge in [-0.2, -0.15) is 0 Å². The maximum absolute atomic E-state index is 12.6. The predicted octanol–water partition coefficient (Wildman–Crippen LogP) is 2.77. The first-order valence-electron chi connectivity index (χ1n) is 7.05. The number of carbonyl (C=O) groups is 1. The Labute approximate surface area is 115 Å². The number of hydrogen-bond acceptors (Lipinski definition) is 3. The van der Waals surface area contributed by atoms with E-state index in [1.807, 2.05) is 24.1 Å². The van der Waals surface area contributed by atoms with Crippen LogP contribution in [0.15, 0.2) is 18.3 Å². The van der Waals surface area contributed by atoms with Crippen molar-refractivity contribution in [1.29, 1.82) is 0 Å². The van der Waals surface area contributed by atoms with Gasteiger partial charge >= 0.3 is 0 Å². The van der Waals surface area contributed by atoms with Gasteiger partial charge in [0.1, 0.15) is 5.82 Å². The zero-order valence-electron chi connectivity index (χ0n) is 12.0. The van der Waals surface area contributed by atoms with Crippen molar-refractivity contribution < 1.29 is 4.79 Å². The third-order valence-corrected chi connectivity index (χ3v) is 4.16. The topological polar surface area (TPSA) is 45.2 Å². The van der Waals surface area contributed by atoms with Gasteiger partial charge in [-0.1, -0.05) is 19.8 Å². The standard InChI is InChI=1S/C15H23N3O/c1-11-7-4-5-9-13(11)18(3)15(19)12-8-6-10-17-14(12)16-2/h6,8,10-11,13H,4-5,7,9H2,1-3H3,(H,16,17). The molecule has 0 aliphatic heterocycles. The van der Waals surface area contributed by atoms with Crippen molar-refractivity contribution >= 4 is 11.7 Å². The summed E-state index contributed by atoms with van der Waals surface area (Å²) in [5.74, 6) is 1.30. The molecule has 1 aliphatic carbocycles. The lowest BCUT2D eigenvalue weighted by Crippen LogP contribution is -2.42. The number of pyridine rings is 1. The van der Waals surface area contributed by atoms with Crippen LogP contribution in [0, 0.1) is 5.92 Å². The van der Waals surface area contributed by atoms with Crippen LogP contribution in [0.1, 0.15) is 43.0 Å². The molecule has 0 spiro atoms. The average molecular weight is 261 g/mol. The molecule has 4 nitrogen and oxygen atoms in total. The largest absolute Gasteiger partial charge is 0.372 e. The van der Waals surface area contributed by atoms with Gasteiger partial charge in [-0.05, 0) is 30.9 Å². The summed E-state index contributed by atoms with van der Waals surface area (Å²) in [7, 11) is 3.71. The van der Waals surface area contributed by atoms with E-state index in [0.29, 0.717) is 23.3 Å². The van der Waals surface area contributed by atoms with Gasteiger partial charge < -0.3 is 10.2 Å².